The quantitative estimate of drug-likeness (QED) is 0.189. The van der Waals surface area contributed by atoms with Crippen molar-refractivity contribution in [3.8, 4) is 11.5 Å². The molecule has 2 aliphatic rings. The molecule has 0 saturated heterocycles. The summed E-state index contributed by atoms with van der Waals surface area (Å²) in [6, 6.07) is 16.4. The van der Waals surface area contributed by atoms with E-state index in [4.69, 9.17) is 20.1 Å². The van der Waals surface area contributed by atoms with Gasteiger partial charge in [-0.25, -0.2) is 4.98 Å². The molecule has 1 aliphatic heterocycles. The van der Waals surface area contributed by atoms with Crippen LogP contribution in [0.3, 0.4) is 0 Å². The van der Waals surface area contributed by atoms with Crippen molar-refractivity contribution in [1.29, 1.82) is 0 Å². The van der Waals surface area contributed by atoms with Crippen molar-refractivity contribution in [3.05, 3.63) is 53.9 Å². The molecule has 7 heteroatoms. The van der Waals surface area contributed by atoms with Crippen molar-refractivity contribution in [2.24, 2.45) is 16.6 Å². The Hall–Kier alpha value is -2.15. The minimum Gasteiger partial charge on any atom is -0.453 e. The molecule has 0 unspecified atom stereocenters. The van der Waals surface area contributed by atoms with E-state index in [0.717, 1.165) is 70.3 Å². The predicted molar refractivity (Wildman–Crippen MR) is 138 cm³/mol. The van der Waals surface area contributed by atoms with E-state index in [1.165, 1.54) is 0 Å². The summed E-state index contributed by atoms with van der Waals surface area (Å²) in [4.78, 5) is 9.77. The minimum atomic E-state index is 0. The molecule has 0 spiro atoms. The Bertz CT molecular complexity index is 1180. The summed E-state index contributed by atoms with van der Waals surface area (Å²) in [6.07, 6.45) is 2.00. The van der Waals surface area contributed by atoms with Crippen LogP contribution in [0, 0.1) is 5.92 Å². The molecule has 0 atom stereocenters. The second-order valence-electron chi connectivity index (χ2n) is 7.82. The number of fused-ring (bicyclic) bond motifs is 4. The fourth-order valence-corrected chi connectivity index (χ4v) is 3.46. The van der Waals surface area contributed by atoms with Gasteiger partial charge in [0.1, 0.15) is 11.2 Å². The number of rotatable bonds is 7. The highest BCUT2D eigenvalue weighted by atomic mass is 79.9. The smallest absolute Gasteiger partial charge is 0.155 e. The lowest BCUT2D eigenvalue weighted by molar-refractivity contribution is 0.592. The van der Waals surface area contributed by atoms with Crippen molar-refractivity contribution in [3.63, 3.8) is 0 Å². The van der Waals surface area contributed by atoms with Gasteiger partial charge in [0.15, 0.2) is 11.3 Å². The van der Waals surface area contributed by atoms with Gasteiger partial charge in [-0.15, -0.1) is 29.4 Å². The molecule has 0 aromatic heterocycles. The summed E-state index contributed by atoms with van der Waals surface area (Å²) in [5.41, 5.74) is 9.07. The van der Waals surface area contributed by atoms with Crippen LogP contribution in [0.5, 0.6) is 0 Å². The molecule has 2 aromatic rings. The van der Waals surface area contributed by atoms with E-state index in [1.54, 1.807) is 0 Å². The van der Waals surface area contributed by atoms with Gasteiger partial charge in [-0.2, -0.15) is 0 Å². The zero-order valence-electron chi connectivity index (χ0n) is 17.9. The number of hydrogen-bond acceptors (Lipinski definition) is 5. The van der Waals surface area contributed by atoms with Crippen molar-refractivity contribution >= 4 is 56.9 Å². The van der Waals surface area contributed by atoms with Crippen LogP contribution in [0.15, 0.2) is 57.9 Å². The molecule has 1 aliphatic carbocycles. The fraction of sp³-hybridized carbons (Fsp3) is 0.333. The number of hydrogen-bond donors (Lipinski definition) is 2. The Kier molecular flexibility index (Phi) is 9.29. The zero-order valence-corrected chi connectivity index (χ0v) is 20.5. The van der Waals surface area contributed by atoms with Crippen LogP contribution < -0.4 is 16.4 Å². The van der Waals surface area contributed by atoms with Crippen LogP contribution in [-0.2, 0) is 0 Å². The molecule has 5 nitrogen and oxygen atoms in total. The Balaban J connectivity index is 0.00000171. The van der Waals surface area contributed by atoms with Crippen molar-refractivity contribution in [1.82, 2.24) is 4.98 Å². The molecule has 3 N–H and O–H groups in total. The van der Waals surface area contributed by atoms with Crippen LogP contribution >= 0.6 is 29.4 Å². The Morgan fingerprint density at radius 2 is 1.87 bits per heavy atom. The average Bonchev–Trinajstić information content (AvgIpc) is 2.72. The maximum atomic E-state index is 6.28. The summed E-state index contributed by atoms with van der Waals surface area (Å²) in [5.74, 6) is 1.39. The second kappa shape index (κ2) is 11.5. The van der Waals surface area contributed by atoms with Crippen LogP contribution in [0.1, 0.15) is 26.7 Å². The number of anilines is 1. The average molecular weight is 506 g/mol. The molecule has 0 saturated carbocycles. The summed E-state index contributed by atoms with van der Waals surface area (Å²) in [6.45, 7) is 6.76. The molecule has 166 valence electrons. The molecule has 4 rings (SSSR count). The van der Waals surface area contributed by atoms with E-state index in [-0.39, 0.29) is 29.4 Å². The first kappa shape index (κ1) is 25.1. The number of benzene rings is 3. The molecular weight excluding hydrogens is 476 g/mol. The molecule has 0 fully saturated rings. The SMILES string of the molecule is Br.CC(C)CCN=c1cc2oc3cc(NCCCN)ccc3nc-2c2ccccc12.Cl. The summed E-state index contributed by atoms with van der Waals surface area (Å²) >= 11 is 0. The lowest BCUT2D eigenvalue weighted by Crippen LogP contribution is -2.09. The fourth-order valence-electron chi connectivity index (χ4n) is 3.46. The monoisotopic (exact) mass is 504 g/mol. The van der Waals surface area contributed by atoms with E-state index in [2.05, 4.69) is 31.3 Å². The van der Waals surface area contributed by atoms with Crippen molar-refractivity contribution in [2.45, 2.75) is 26.7 Å². The van der Waals surface area contributed by atoms with E-state index in [9.17, 15) is 0 Å². The first-order valence-electron chi connectivity index (χ1n) is 10.4. The van der Waals surface area contributed by atoms with E-state index < -0.39 is 0 Å². The Morgan fingerprint density at radius 3 is 2.61 bits per heavy atom. The number of nitrogens with two attached hydrogens (primary N) is 1. The summed E-state index contributed by atoms with van der Waals surface area (Å²) in [5, 5.41) is 6.54. The lowest BCUT2D eigenvalue weighted by Gasteiger charge is -2.12. The van der Waals surface area contributed by atoms with Gasteiger partial charge in [0.25, 0.3) is 0 Å². The van der Waals surface area contributed by atoms with Gasteiger partial charge in [0.2, 0.25) is 0 Å². The Labute approximate surface area is 199 Å². The molecule has 0 amide bonds. The highest BCUT2D eigenvalue weighted by molar-refractivity contribution is 8.93. The van der Waals surface area contributed by atoms with E-state index >= 15 is 0 Å². The van der Waals surface area contributed by atoms with Crippen LogP contribution in [0.4, 0.5) is 5.69 Å². The standard InChI is InChI=1S/C24H28N4O.BrH.ClH/c1-16(2)10-13-27-21-15-23-24(19-7-4-3-6-18(19)21)28-20-9-8-17(14-22(20)29-23)26-12-5-11-25;;/h3-4,6-9,14-16,26H,5,10-13,25H2,1-2H3;2*1H. The molecule has 0 radical (unpaired) electrons. The van der Waals surface area contributed by atoms with Crippen LogP contribution in [-0.4, -0.2) is 24.6 Å². The molecule has 2 aromatic carbocycles. The third kappa shape index (κ3) is 5.76. The maximum absolute atomic E-state index is 6.28. The topological polar surface area (TPSA) is 76.4 Å². The van der Waals surface area contributed by atoms with Crippen molar-refractivity contribution < 1.29 is 4.42 Å². The van der Waals surface area contributed by atoms with Gasteiger partial charge in [-0.3, -0.25) is 4.99 Å². The van der Waals surface area contributed by atoms with E-state index in [0.29, 0.717) is 12.5 Å². The maximum Gasteiger partial charge on any atom is 0.155 e. The van der Waals surface area contributed by atoms with Gasteiger partial charge >= 0.3 is 0 Å². The molecule has 1 heterocycles. The van der Waals surface area contributed by atoms with Gasteiger partial charge in [0.05, 0.1) is 5.36 Å². The first-order chi connectivity index (χ1) is 14.2. The largest absolute Gasteiger partial charge is 0.453 e. The first-order valence-corrected chi connectivity index (χ1v) is 10.4. The third-order valence-electron chi connectivity index (χ3n) is 5.07. The number of halogens is 2. The molecule has 31 heavy (non-hydrogen) atoms. The number of nitrogens with zero attached hydrogens (tertiary/aromatic N) is 2. The molecular formula is C24H30BrClN4O. The van der Waals surface area contributed by atoms with Gasteiger partial charge in [0, 0.05) is 41.7 Å². The van der Waals surface area contributed by atoms with Gasteiger partial charge in [-0.05, 0) is 37.4 Å². The highest BCUT2D eigenvalue weighted by Gasteiger charge is 2.14. The normalized spacial score (nSPS) is 11.7. The summed E-state index contributed by atoms with van der Waals surface area (Å²) < 4.78 is 6.28. The number of nitrogens with one attached hydrogen (secondary N) is 1. The Morgan fingerprint density at radius 1 is 1.10 bits per heavy atom. The van der Waals surface area contributed by atoms with Crippen molar-refractivity contribution in [2.75, 3.05) is 25.0 Å². The highest BCUT2D eigenvalue weighted by Crippen LogP contribution is 2.31. The van der Waals surface area contributed by atoms with Gasteiger partial charge in [-0.1, -0.05) is 38.1 Å². The third-order valence-corrected chi connectivity index (χ3v) is 5.07. The van der Waals surface area contributed by atoms with Gasteiger partial charge < -0.3 is 15.5 Å². The second-order valence-corrected chi connectivity index (χ2v) is 7.82. The van der Waals surface area contributed by atoms with E-state index in [1.807, 2.05) is 36.4 Å². The predicted octanol–water partition coefficient (Wildman–Crippen LogP) is 5.79. The minimum absolute atomic E-state index is 0. The lowest BCUT2D eigenvalue weighted by atomic mass is 10.0. The van der Waals surface area contributed by atoms with Crippen LogP contribution in [0.2, 0.25) is 0 Å². The summed E-state index contributed by atoms with van der Waals surface area (Å²) in [7, 11) is 0. The number of aromatic nitrogens is 1. The van der Waals surface area contributed by atoms with Crippen LogP contribution in [0.25, 0.3) is 33.3 Å². The molecule has 0 bridgehead atoms. The zero-order chi connectivity index (χ0) is 20.2.